The number of allylic oxidation sites excluding steroid dienone is 9. The second-order valence-corrected chi connectivity index (χ2v) is 27.0. The summed E-state index contributed by atoms with van der Waals surface area (Å²) in [6.45, 7) is 4.75. The zero-order valence-electron chi connectivity index (χ0n) is 55.2. The molecule has 0 saturated carbocycles. The summed E-state index contributed by atoms with van der Waals surface area (Å²) < 4.78 is 23.8. The molecule has 0 bridgehead atoms. The van der Waals surface area contributed by atoms with Gasteiger partial charge in [-0.05, 0) is 57.8 Å². The number of hydrogen-bond acceptors (Lipinski definition) is 5. The monoisotopic (exact) mass is 1170 g/mol. The Bertz CT molecular complexity index is 1520. The van der Waals surface area contributed by atoms with E-state index in [1.54, 1.807) is 6.08 Å². The summed E-state index contributed by atoms with van der Waals surface area (Å²) in [7, 11) is 1.59. The van der Waals surface area contributed by atoms with Crippen molar-refractivity contribution < 1.29 is 32.9 Å². The summed E-state index contributed by atoms with van der Waals surface area (Å²) in [4.78, 5) is 23.4. The molecule has 0 aromatic heterocycles. The Morgan fingerprint density at radius 3 is 1.07 bits per heavy atom. The van der Waals surface area contributed by atoms with Crippen LogP contribution < -0.4 is 5.32 Å². The Labute approximate surface area is 511 Å². The van der Waals surface area contributed by atoms with Crippen LogP contribution in [0.15, 0.2) is 60.8 Å². The highest BCUT2D eigenvalue weighted by Crippen LogP contribution is 2.43. The Morgan fingerprint density at radius 1 is 0.427 bits per heavy atom. The molecule has 0 aliphatic carbocycles. The molecule has 0 aromatic carbocycles. The van der Waals surface area contributed by atoms with Crippen LogP contribution in [0.1, 0.15) is 348 Å². The predicted molar refractivity (Wildman–Crippen MR) is 360 cm³/mol. The third kappa shape index (κ3) is 65.7. The van der Waals surface area contributed by atoms with E-state index in [-0.39, 0.29) is 19.1 Å². The van der Waals surface area contributed by atoms with Crippen molar-refractivity contribution in [3.8, 4) is 0 Å². The first-order valence-electron chi connectivity index (χ1n) is 35.7. The third-order valence-corrected chi connectivity index (χ3v) is 17.2. The minimum absolute atomic E-state index is 0.0633. The average Bonchev–Trinajstić information content (AvgIpc) is 3.47. The van der Waals surface area contributed by atoms with Crippen LogP contribution >= 0.6 is 7.82 Å². The van der Waals surface area contributed by atoms with Crippen molar-refractivity contribution in [1.82, 2.24) is 5.32 Å². The van der Waals surface area contributed by atoms with Gasteiger partial charge in [0, 0.05) is 6.42 Å². The van der Waals surface area contributed by atoms with Crippen molar-refractivity contribution in [2.75, 3.05) is 40.9 Å². The van der Waals surface area contributed by atoms with Crippen LogP contribution in [0.2, 0.25) is 0 Å². The van der Waals surface area contributed by atoms with Gasteiger partial charge in [-0.25, -0.2) is 4.57 Å². The lowest BCUT2D eigenvalue weighted by Gasteiger charge is -2.25. The van der Waals surface area contributed by atoms with Crippen LogP contribution in [0.3, 0.4) is 0 Å². The second-order valence-electron chi connectivity index (χ2n) is 25.6. The number of rotatable bonds is 66. The molecule has 8 nitrogen and oxygen atoms in total. The Hall–Kier alpha value is -1.80. The molecule has 0 fully saturated rings. The molecule has 0 aliphatic heterocycles. The summed E-state index contributed by atoms with van der Waals surface area (Å²) in [6, 6.07) is -0.846. The van der Waals surface area contributed by atoms with E-state index >= 15 is 0 Å². The summed E-state index contributed by atoms with van der Waals surface area (Å²) in [5, 5.41) is 14.0. The molecule has 0 aromatic rings. The number of aliphatic hydroxyl groups excluding tert-OH is 1. The zero-order chi connectivity index (χ0) is 59.8. The highest BCUT2D eigenvalue weighted by atomic mass is 31.2. The summed E-state index contributed by atoms with van der Waals surface area (Å²) >= 11 is 0. The van der Waals surface area contributed by atoms with Gasteiger partial charge in [-0.1, -0.05) is 344 Å². The molecule has 0 spiro atoms. The topological polar surface area (TPSA) is 105 Å². The van der Waals surface area contributed by atoms with Crippen molar-refractivity contribution in [3.63, 3.8) is 0 Å². The molecule has 0 saturated heterocycles. The van der Waals surface area contributed by atoms with Gasteiger partial charge in [-0.15, -0.1) is 0 Å². The maximum absolute atomic E-state index is 13.0. The van der Waals surface area contributed by atoms with E-state index in [1.165, 1.54) is 263 Å². The standard InChI is InChI=1S/C73H139N2O6P/c1-6-8-10-12-14-16-18-20-22-24-26-27-28-29-30-31-32-33-34-35-36-37-38-39-40-41-42-43-44-45-46-47-49-51-53-55-57-59-61-63-65-67-73(77)74-71(70-81-82(78,79)80-69-68-75(3,4)5)72(76)66-64-62-60-58-56-54-52-50-48-25-23-21-19-17-15-13-11-9-7-2/h8,10,14,16,20,22,26-27,64,66,71-72,76H,6-7,9,11-13,15,17-19,21,23-25,28-63,65,67-70H2,1-5H3,(H-,74,77,78,79)/p+1/b10-8-,16-14-,22-20-,27-26-,66-64+. The molecular formula is C73H140N2O6P+. The fraction of sp³-hybridized carbons (Fsp3) is 0.849. The van der Waals surface area contributed by atoms with Gasteiger partial charge in [-0.3, -0.25) is 13.8 Å². The van der Waals surface area contributed by atoms with Gasteiger partial charge in [0.05, 0.1) is 39.9 Å². The lowest BCUT2D eigenvalue weighted by atomic mass is 10.0. The molecule has 82 heavy (non-hydrogen) atoms. The summed E-state index contributed by atoms with van der Waals surface area (Å²) in [5.41, 5.74) is 0. The smallest absolute Gasteiger partial charge is 0.387 e. The van der Waals surface area contributed by atoms with Gasteiger partial charge in [0.2, 0.25) is 5.91 Å². The zero-order valence-corrected chi connectivity index (χ0v) is 56.1. The predicted octanol–water partition coefficient (Wildman–Crippen LogP) is 22.8. The SMILES string of the molecule is CC/C=C\C/C=C\C/C=C\C/C=C\CCCCCCCCCCCCCCCCCCCCCCCCCCCCCCC(=O)NC(COP(=O)(O)OCC[N+](C)(C)C)C(O)/C=C/CCCCCCCCCCCCCCCCCCC. The van der Waals surface area contributed by atoms with E-state index in [9.17, 15) is 19.4 Å². The number of phosphoric ester groups is 1. The number of carbonyl (C=O) groups is 1. The van der Waals surface area contributed by atoms with E-state index in [0.717, 1.165) is 64.2 Å². The van der Waals surface area contributed by atoms with E-state index in [1.807, 2.05) is 27.2 Å². The molecule has 482 valence electrons. The molecule has 1 amide bonds. The van der Waals surface area contributed by atoms with Gasteiger partial charge in [0.1, 0.15) is 13.2 Å². The van der Waals surface area contributed by atoms with Crippen molar-refractivity contribution >= 4 is 13.7 Å². The van der Waals surface area contributed by atoms with E-state index in [2.05, 4.69) is 67.8 Å². The van der Waals surface area contributed by atoms with Gasteiger partial charge in [0.25, 0.3) is 0 Å². The maximum Gasteiger partial charge on any atom is 0.472 e. The minimum Gasteiger partial charge on any atom is -0.387 e. The minimum atomic E-state index is -4.35. The number of phosphoric acid groups is 1. The van der Waals surface area contributed by atoms with Crippen molar-refractivity contribution in [1.29, 1.82) is 0 Å². The second kappa shape index (κ2) is 63.7. The van der Waals surface area contributed by atoms with Crippen LogP contribution in [-0.2, 0) is 18.4 Å². The van der Waals surface area contributed by atoms with Crippen molar-refractivity contribution in [2.45, 2.75) is 360 Å². The molecule has 3 unspecified atom stereocenters. The number of hydrogen-bond donors (Lipinski definition) is 3. The molecule has 3 N–H and O–H groups in total. The fourth-order valence-corrected chi connectivity index (χ4v) is 11.5. The number of carbonyl (C=O) groups excluding carboxylic acids is 1. The molecule has 3 atom stereocenters. The molecule has 0 rings (SSSR count). The molecule has 0 heterocycles. The van der Waals surface area contributed by atoms with E-state index in [4.69, 9.17) is 9.05 Å². The first kappa shape index (κ1) is 80.2. The van der Waals surface area contributed by atoms with Crippen molar-refractivity contribution in [3.05, 3.63) is 60.8 Å². The highest BCUT2D eigenvalue weighted by Gasteiger charge is 2.28. The lowest BCUT2D eigenvalue weighted by molar-refractivity contribution is -0.870. The number of aliphatic hydroxyl groups is 1. The number of nitrogens with zero attached hydrogens (tertiary/aromatic N) is 1. The average molecular weight is 1170 g/mol. The molecule has 9 heteroatoms. The van der Waals surface area contributed by atoms with Crippen LogP contribution in [0.4, 0.5) is 0 Å². The van der Waals surface area contributed by atoms with Crippen LogP contribution in [0.5, 0.6) is 0 Å². The van der Waals surface area contributed by atoms with Gasteiger partial charge in [0.15, 0.2) is 0 Å². The Morgan fingerprint density at radius 2 is 0.732 bits per heavy atom. The van der Waals surface area contributed by atoms with Crippen LogP contribution in [0.25, 0.3) is 0 Å². The van der Waals surface area contributed by atoms with E-state index < -0.39 is 20.0 Å². The largest absolute Gasteiger partial charge is 0.472 e. The van der Waals surface area contributed by atoms with E-state index in [0.29, 0.717) is 17.4 Å². The maximum atomic E-state index is 13.0. The first-order chi connectivity index (χ1) is 40.0. The molecular weight excluding hydrogens is 1030 g/mol. The summed E-state index contributed by atoms with van der Waals surface area (Å²) in [5.74, 6) is -0.170. The number of nitrogens with one attached hydrogen (secondary N) is 1. The number of quaternary nitrogens is 1. The van der Waals surface area contributed by atoms with Gasteiger partial charge < -0.3 is 19.8 Å². The first-order valence-corrected chi connectivity index (χ1v) is 37.2. The quantitative estimate of drug-likeness (QED) is 0.0243. The molecule has 0 aliphatic rings. The van der Waals surface area contributed by atoms with Crippen LogP contribution in [-0.4, -0.2) is 73.4 Å². The normalized spacial score (nSPS) is 14.0. The number of unbranched alkanes of at least 4 members (excludes halogenated alkanes) is 45. The number of likely N-dealkylation sites (N-methyl/N-ethyl adjacent to an activating group) is 1. The Kier molecular flexibility index (Phi) is 62.3. The van der Waals surface area contributed by atoms with Crippen molar-refractivity contribution in [2.24, 2.45) is 0 Å². The van der Waals surface area contributed by atoms with Crippen LogP contribution in [0, 0.1) is 0 Å². The third-order valence-electron chi connectivity index (χ3n) is 16.2. The lowest BCUT2D eigenvalue weighted by Crippen LogP contribution is -2.45. The summed E-state index contributed by atoms with van der Waals surface area (Å²) in [6.07, 6.45) is 88.1. The van der Waals surface area contributed by atoms with Gasteiger partial charge >= 0.3 is 7.82 Å². The number of amides is 1. The fourth-order valence-electron chi connectivity index (χ4n) is 10.7. The molecule has 0 radical (unpaired) electrons. The Balaban J connectivity index is 3.90. The van der Waals surface area contributed by atoms with Gasteiger partial charge in [-0.2, -0.15) is 0 Å². The highest BCUT2D eigenvalue weighted by molar-refractivity contribution is 7.47.